The van der Waals surface area contributed by atoms with Gasteiger partial charge in [0.1, 0.15) is 5.82 Å². The van der Waals surface area contributed by atoms with Crippen molar-refractivity contribution in [1.29, 1.82) is 0 Å². The highest BCUT2D eigenvalue weighted by Gasteiger charge is 2.16. The fourth-order valence-electron chi connectivity index (χ4n) is 1.89. The molecule has 1 unspecified atom stereocenters. The summed E-state index contributed by atoms with van der Waals surface area (Å²) in [6.45, 7) is 2.84. The van der Waals surface area contributed by atoms with Crippen LogP contribution in [0.25, 0.3) is 0 Å². The fraction of sp³-hybridized carbons (Fsp3) is 0.600. The molecule has 1 aliphatic rings. The quantitative estimate of drug-likeness (QED) is 0.764. The van der Waals surface area contributed by atoms with E-state index in [1.54, 1.807) is 6.07 Å². The number of hydrogen-bond donors (Lipinski definition) is 2. The van der Waals surface area contributed by atoms with Crippen molar-refractivity contribution in [2.45, 2.75) is 32.2 Å². The van der Waals surface area contributed by atoms with E-state index >= 15 is 0 Å². The molecule has 1 aliphatic heterocycles. The molecule has 0 aliphatic carbocycles. The highest BCUT2D eigenvalue weighted by Crippen LogP contribution is 2.19. The predicted molar refractivity (Wildman–Crippen MR) is 61.4 cm³/mol. The summed E-state index contributed by atoms with van der Waals surface area (Å²) >= 11 is 0. The normalized spacial score (nSPS) is 20.7. The van der Waals surface area contributed by atoms with Crippen molar-refractivity contribution in [3.8, 4) is 0 Å². The van der Waals surface area contributed by atoms with Crippen molar-refractivity contribution in [3.05, 3.63) is 27.9 Å². The molecular formula is C10H16ClN3O. The monoisotopic (exact) mass is 229 g/mol. The third kappa shape index (κ3) is 3.04. The maximum absolute atomic E-state index is 11.2. The average molecular weight is 230 g/mol. The largest absolute Gasteiger partial charge is 0.311 e. The third-order valence-corrected chi connectivity index (χ3v) is 2.55. The molecule has 0 spiro atoms. The summed E-state index contributed by atoms with van der Waals surface area (Å²) in [4.78, 5) is 18.2. The van der Waals surface area contributed by atoms with Crippen molar-refractivity contribution in [2.75, 3.05) is 6.54 Å². The maximum atomic E-state index is 11.2. The van der Waals surface area contributed by atoms with Crippen molar-refractivity contribution in [2.24, 2.45) is 0 Å². The van der Waals surface area contributed by atoms with Crippen LogP contribution in [0.1, 0.15) is 36.8 Å². The first kappa shape index (κ1) is 12.2. The Hall–Kier alpha value is -0.870. The van der Waals surface area contributed by atoms with Gasteiger partial charge in [0.25, 0.3) is 5.56 Å². The molecule has 2 heterocycles. The Morgan fingerprint density at radius 3 is 2.87 bits per heavy atom. The van der Waals surface area contributed by atoms with Gasteiger partial charge in [-0.25, -0.2) is 4.98 Å². The molecule has 2 N–H and O–H groups in total. The van der Waals surface area contributed by atoms with E-state index in [0.717, 1.165) is 18.7 Å². The van der Waals surface area contributed by atoms with E-state index in [1.807, 2.05) is 6.92 Å². The van der Waals surface area contributed by atoms with Crippen LogP contribution in [0.4, 0.5) is 0 Å². The minimum Gasteiger partial charge on any atom is -0.311 e. The van der Waals surface area contributed by atoms with Crippen molar-refractivity contribution < 1.29 is 0 Å². The molecule has 15 heavy (non-hydrogen) atoms. The van der Waals surface area contributed by atoms with Crippen LogP contribution >= 0.6 is 12.4 Å². The van der Waals surface area contributed by atoms with Crippen molar-refractivity contribution in [3.63, 3.8) is 0 Å². The summed E-state index contributed by atoms with van der Waals surface area (Å²) in [5, 5.41) is 3.37. The predicted octanol–water partition coefficient (Wildman–Crippen LogP) is 1.31. The van der Waals surface area contributed by atoms with Gasteiger partial charge in [-0.15, -0.1) is 12.4 Å². The van der Waals surface area contributed by atoms with Gasteiger partial charge in [0.2, 0.25) is 0 Å². The van der Waals surface area contributed by atoms with E-state index in [1.165, 1.54) is 12.8 Å². The van der Waals surface area contributed by atoms with Gasteiger partial charge in [0.15, 0.2) is 0 Å². The Balaban J connectivity index is 0.00000112. The molecule has 0 amide bonds. The van der Waals surface area contributed by atoms with Gasteiger partial charge in [-0.3, -0.25) is 4.79 Å². The van der Waals surface area contributed by atoms with Crippen LogP contribution in [0.2, 0.25) is 0 Å². The SMILES string of the molecule is Cc1nc(C2CCCCN2)cc(=O)[nH]1.Cl. The second kappa shape index (κ2) is 5.28. The number of rotatable bonds is 1. The Morgan fingerprint density at radius 1 is 1.47 bits per heavy atom. The smallest absolute Gasteiger partial charge is 0.251 e. The number of halogens is 1. The number of aromatic nitrogens is 2. The van der Waals surface area contributed by atoms with Crippen molar-refractivity contribution >= 4 is 12.4 Å². The first-order chi connectivity index (χ1) is 6.75. The van der Waals surface area contributed by atoms with Crippen molar-refractivity contribution in [1.82, 2.24) is 15.3 Å². The Morgan fingerprint density at radius 2 is 2.27 bits per heavy atom. The minimum atomic E-state index is -0.0557. The topological polar surface area (TPSA) is 57.8 Å². The van der Waals surface area contributed by atoms with E-state index in [-0.39, 0.29) is 24.0 Å². The minimum absolute atomic E-state index is 0. The third-order valence-electron chi connectivity index (χ3n) is 2.55. The maximum Gasteiger partial charge on any atom is 0.251 e. The van der Waals surface area contributed by atoms with E-state index < -0.39 is 0 Å². The lowest BCUT2D eigenvalue weighted by Gasteiger charge is -2.22. The number of nitrogens with zero attached hydrogens (tertiary/aromatic N) is 1. The van der Waals surface area contributed by atoms with Gasteiger partial charge >= 0.3 is 0 Å². The Labute approximate surface area is 94.9 Å². The molecule has 84 valence electrons. The lowest BCUT2D eigenvalue weighted by Crippen LogP contribution is -2.29. The zero-order valence-electron chi connectivity index (χ0n) is 8.75. The Bertz CT molecular complexity index is 371. The number of H-pyrrole nitrogens is 1. The average Bonchev–Trinajstić information content (AvgIpc) is 2.18. The molecule has 5 heteroatoms. The summed E-state index contributed by atoms with van der Waals surface area (Å²) in [6.07, 6.45) is 3.51. The summed E-state index contributed by atoms with van der Waals surface area (Å²) in [7, 11) is 0. The summed E-state index contributed by atoms with van der Waals surface area (Å²) in [5.41, 5.74) is 0.825. The molecule has 0 bridgehead atoms. The van der Waals surface area contributed by atoms with Gasteiger partial charge in [0, 0.05) is 12.1 Å². The molecule has 1 saturated heterocycles. The van der Waals surface area contributed by atoms with E-state index in [9.17, 15) is 4.79 Å². The summed E-state index contributed by atoms with van der Waals surface area (Å²) in [5.74, 6) is 0.694. The first-order valence-electron chi connectivity index (χ1n) is 5.07. The second-order valence-electron chi connectivity index (χ2n) is 3.76. The van der Waals surface area contributed by atoms with E-state index in [4.69, 9.17) is 0 Å². The van der Waals surface area contributed by atoms with Crippen LogP contribution < -0.4 is 10.9 Å². The van der Waals surface area contributed by atoms with Crippen LogP contribution in [0.5, 0.6) is 0 Å². The number of hydrogen-bond acceptors (Lipinski definition) is 3. The molecule has 1 fully saturated rings. The Kier molecular flexibility index (Phi) is 4.29. The molecule has 0 aromatic carbocycles. The van der Waals surface area contributed by atoms with Crippen LogP contribution in [-0.2, 0) is 0 Å². The molecular weight excluding hydrogens is 214 g/mol. The molecule has 1 aromatic rings. The number of nitrogens with one attached hydrogen (secondary N) is 2. The second-order valence-corrected chi connectivity index (χ2v) is 3.76. The van der Waals surface area contributed by atoms with Crippen LogP contribution in [0, 0.1) is 6.92 Å². The van der Waals surface area contributed by atoms with Crippen LogP contribution in [0.15, 0.2) is 10.9 Å². The number of aromatic amines is 1. The molecule has 0 saturated carbocycles. The van der Waals surface area contributed by atoms with Gasteiger partial charge < -0.3 is 10.3 Å². The fourth-order valence-corrected chi connectivity index (χ4v) is 1.89. The summed E-state index contributed by atoms with van der Waals surface area (Å²) < 4.78 is 0. The van der Waals surface area contributed by atoms with Gasteiger partial charge in [-0.2, -0.15) is 0 Å². The van der Waals surface area contributed by atoms with Gasteiger partial charge in [-0.05, 0) is 26.3 Å². The van der Waals surface area contributed by atoms with E-state index in [0.29, 0.717) is 5.82 Å². The highest BCUT2D eigenvalue weighted by atomic mass is 35.5. The van der Waals surface area contributed by atoms with Crippen LogP contribution in [0.3, 0.4) is 0 Å². The lowest BCUT2D eigenvalue weighted by atomic mass is 10.0. The van der Waals surface area contributed by atoms with Gasteiger partial charge in [-0.1, -0.05) is 6.42 Å². The molecule has 0 radical (unpaired) electrons. The molecule has 1 atom stereocenters. The lowest BCUT2D eigenvalue weighted by molar-refractivity contribution is 0.404. The zero-order chi connectivity index (χ0) is 9.97. The molecule has 4 nitrogen and oxygen atoms in total. The zero-order valence-corrected chi connectivity index (χ0v) is 9.56. The molecule has 2 rings (SSSR count). The summed E-state index contributed by atoms with van der Waals surface area (Å²) in [6, 6.07) is 1.86. The molecule has 1 aromatic heterocycles. The highest BCUT2D eigenvalue weighted by molar-refractivity contribution is 5.85. The number of piperidine rings is 1. The van der Waals surface area contributed by atoms with Crippen LogP contribution in [-0.4, -0.2) is 16.5 Å². The first-order valence-corrected chi connectivity index (χ1v) is 5.07. The standard InChI is InChI=1S/C10H15N3O.ClH/c1-7-12-9(6-10(14)13-7)8-4-2-3-5-11-8;/h6,8,11H,2-5H2,1H3,(H,12,13,14);1H. The number of aryl methyl sites for hydroxylation is 1. The van der Waals surface area contributed by atoms with E-state index in [2.05, 4.69) is 15.3 Å². The van der Waals surface area contributed by atoms with Gasteiger partial charge in [0.05, 0.1) is 5.69 Å².